The van der Waals surface area contributed by atoms with Crippen molar-refractivity contribution in [3.05, 3.63) is 35.9 Å². The highest BCUT2D eigenvalue weighted by atomic mass is 16.2. The number of piperazine rings is 1. The molecule has 27 heavy (non-hydrogen) atoms. The van der Waals surface area contributed by atoms with Crippen molar-refractivity contribution in [3.8, 4) is 0 Å². The number of hydrogen-bond acceptors (Lipinski definition) is 3. The Labute approximate surface area is 164 Å². The molecule has 148 valence electrons. The highest BCUT2D eigenvalue weighted by molar-refractivity contribution is 5.77. The topological polar surface area (TPSA) is 26.8 Å². The fraction of sp³-hybridized carbons (Fsp3) is 0.696. The predicted molar refractivity (Wildman–Crippen MR) is 110 cm³/mol. The quantitative estimate of drug-likeness (QED) is 0.816. The van der Waals surface area contributed by atoms with E-state index in [2.05, 4.69) is 59.0 Å². The average molecular weight is 370 g/mol. The molecule has 4 rings (SSSR count). The van der Waals surface area contributed by atoms with E-state index in [0.29, 0.717) is 12.3 Å². The monoisotopic (exact) mass is 369 g/mol. The molecule has 4 nitrogen and oxygen atoms in total. The summed E-state index contributed by atoms with van der Waals surface area (Å²) in [6, 6.07) is 10.8. The molecule has 1 aromatic carbocycles. The van der Waals surface area contributed by atoms with Crippen LogP contribution in [0.25, 0.3) is 0 Å². The van der Waals surface area contributed by atoms with Crippen molar-refractivity contribution < 1.29 is 4.79 Å². The first kappa shape index (κ1) is 18.9. The van der Waals surface area contributed by atoms with Crippen molar-refractivity contribution in [2.45, 2.75) is 56.4 Å². The maximum absolute atomic E-state index is 12.9. The van der Waals surface area contributed by atoms with Crippen LogP contribution in [-0.4, -0.2) is 72.5 Å². The zero-order valence-corrected chi connectivity index (χ0v) is 17.1. The standard InChI is InChI=1S/C23H35N3O/c1-22(20-8-4-3-5-9-20)13-10-21(27)25(18-22)19-23(11-6-7-12-23)26-16-14-24(2)15-17-26/h3-5,8-9H,6-7,10-19H2,1-2H3/t22-/m1/s1. The lowest BCUT2D eigenvalue weighted by molar-refractivity contribution is -0.138. The molecule has 0 N–H and O–H groups in total. The van der Waals surface area contributed by atoms with E-state index in [1.54, 1.807) is 0 Å². The number of likely N-dealkylation sites (N-methyl/N-ethyl adjacent to an activating group) is 1. The summed E-state index contributed by atoms with van der Waals surface area (Å²) < 4.78 is 0. The van der Waals surface area contributed by atoms with Crippen molar-refractivity contribution in [2.75, 3.05) is 46.3 Å². The number of rotatable bonds is 4. The molecule has 2 saturated heterocycles. The van der Waals surface area contributed by atoms with Gasteiger partial charge in [-0.1, -0.05) is 50.1 Å². The number of carbonyl (C=O) groups is 1. The Hall–Kier alpha value is -1.39. The summed E-state index contributed by atoms with van der Waals surface area (Å²) in [5.41, 5.74) is 1.67. The average Bonchev–Trinajstić information content (AvgIpc) is 3.16. The highest BCUT2D eigenvalue weighted by Crippen LogP contribution is 2.40. The van der Waals surface area contributed by atoms with Crippen LogP contribution in [0.1, 0.15) is 51.0 Å². The third kappa shape index (κ3) is 3.79. The third-order valence-electron chi connectivity index (χ3n) is 7.45. The molecule has 0 radical (unpaired) electrons. The molecule has 1 aromatic rings. The Morgan fingerprint density at radius 3 is 2.30 bits per heavy atom. The number of piperidine rings is 1. The van der Waals surface area contributed by atoms with Gasteiger partial charge in [0.2, 0.25) is 5.91 Å². The van der Waals surface area contributed by atoms with Crippen molar-refractivity contribution in [1.29, 1.82) is 0 Å². The summed E-state index contributed by atoms with van der Waals surface area (Å²) in [6.45, 7) is 8.74. The Kier molecular flexibility index (Phi) is 5.30. The van der Waals surface area contributed by atoms with Crippen molar-refractivity contribution in [3.63, 3.8) is 0 Å². The zero-order chi connectivity index (χ0) is 18.9. The van der Waals surface area contributed by atoms with Crippen LogP contribution in [0, 0.1) is 0 Å². The number of benzene rings is 1. The molecule has 2 heterocycles. The lowest BCUT2D eigenvalue weighted by atomic mass is 9.75. The van der Waals surface area contributed by atoms with Gasteiger partial charge in [-0.05, 0) is 31.9 Å². The smallest absolute Gasteiger partial charge is 0.222 e. The molecular formula is C23H35N3O. The van der Waals surface area contributed by atoms with Gasteiger partial charge in [0.05, 0.1) is 0 Å². The van der Waals surface area contributed by atoms with Gasteiger partial charge in [-0.2, -0.15) is 0 Å². The summed E-state index contributed by atoms with van der Waals surface area (Å²) in [4.78, 5) is 20.3. The van der Waals surface area contributed by atoms with Gasteiger partial charge in [0.15, 0.2) is 0 Å². The maximum atomic E-state index is 12.9. The van der Waals surface area contributed by atoms with Gasteiger partial charge in [-0.3, -0.25) is 9.69 Å². The van der Waals surface area contributed by atoms with E-state index in [1.807, 2.05) is 0 Å². The number of carbonyl (C=O) groups excluding carboxylic acids is 1. The van der Waals surface area contributed by atoms with Crippen LogP contribution in [0.2, 0.25) is 0 Å². The summed E-state index contributed by atoms with van der Waals surface area (Å²) >= 11 is 0. The minimum Gasteiger partial charge on any atom is -0.340 e. The molecule has 1 atom stereocenters. The number of likely N-dealkylation sites (tertiary alicyclic amines) is 1. The second kappa shape index (κ2) is 7.56. The van der Waals surface area contributed by atoms with E-state index >= 15 is 0 Å². The maximum Gasteiger partial charge on any atom is 0.222 e. The molecule has 2 aliphatic heterocycles. The van der Waals surface area contributed by atoms with Crippen LogP contribution < -0.4 is 0 Å². The summed E-state index contributed by atoms with van der Waals surface area (Å²) in [5, 5.41) is 0. The van der Waals surface area contributed by atoms with E-state index in [1.165, 1.54) is 31.2 Å². The first-order valence-corrected chi connectivity index (χ1v) is 10.8. The molecule has 0 unspecified atom stereocenters. The zero-order valence-electron chi connectivity index (χ0n) is 17.1. The minimum atomic E-state index is 0.0804. The minimum absolute atomic E-state index is 0.0804. The molecule has 1 saturated carbocycles. The van der Waals surface area contributed by atoms with Crippen LogP contribution in [0.5, 0.6) is 0 Å². The lowest BCUT2D eigenvalue weighted by Gasteiger charge is -2.50. The highest BCUT2D eigenvalue weighted by Gasteiger charge is 2.45. The molecular weight excluding hydrogens is 334 g/mol. The van der Waals surface area contributed by atoms with Crippen molar-refractivity contribution in [1.82, 2.24) is 14.7 Å². The second-order valence-corrected chi connectivity index (χ2v) is 9.40. The fourth-order valence-corrected chi connectivity index (χ4v) is 5.59. The van der Waals surface area contributed by atoms with Crippen LogP contribution in [0.15, 0.2) is 30.3 Å². The van der Waals surface area contributed by atoms with Gasteiger partial charge in [-0.25, -0.2) is 0 Å². The van der Waals surface area contributed by atoms with Gasteiger partial charge >= 0.3 is 0 Å². The molecule has 3 fully saturated rings. The van der Waals surface area contributed by atoms with Crippen molar-refractivity contribution >= 4 is 5.91 Å². The van der Waals surface area contributed by atoms with Crippen molar-refractivity contribution in [2.24, 2.45) is 0 Å². The van der Waals surface area contributed by atoms with Gasteiger partial charge in [0.1, 0.15) is 0 Å². The first-order valence-electron chi connectivity index (χ1n) is 10.8. The third-order valence-corrected chi connectivity index (χ3v) is 7.45. The van der Waals surface area contributed by atoms with Crippen LogP contribution >= 0.6 is 0 Å². The van der Waals surface area contributed by atoms with Crippen LogP contribution in [-0.2, 0) is 10.2 Å². The first-order chi connectivity index (χ1) is 13.0. The van der Waals surface area contributed by atoms with E-state index in [-0.39, 0.29) is 11.0 Å². The Bertz CT molecular complexity index is 647. The predicted octanol–water partition coefficient (Wildman–Crippen LogP) is 3.13. The molecule has 1 amide bonds. The largest absolute Gasteiger partial charge is 0.340 e. The lowest BCUT2D eigenvalue weighted by Crippen LogP contribution is -2.62. The number of hydrogen-bond donors (Lipinski definition) is 0. The van der Waals surface area contributed by atoms with E-state index in [9.17, 15) is 4.79 Å². The van der Waals surface area contributed by atoms with Gasteiger partial charge in [0.25, 0.3) is 0 Å². The Morgan fingerprint density at radius 1 is 0.963 bits per heavy atom. The van der Waals surface area contributed by atoms with Crippen LogP contribution in [0.3, 0.4) is 0 Å². The van der Waals surface area contributed by atoms with Crippen LogP contribution in [0.4, 0.5) is 0 Å². The summed E-state index contributed by atoms with van der Waals surface area (Å²) in [7, 11) is 2.22. The molecule has 0 bridgehead atoms. The van der Waals surface area contributed by atoms with Gasteiger partial charge in [-0.15, -0.1) is 0 Å². The van der Waals surface area contributed by atoms with E-state index < -0.39 is 0 Å². The molecule has 4 heteroatoms. The van der Waals surface area contributed by atoms with Gasteiger partial charge in [0, 0.05) is 56.6 Å². The molecule has 0 spiro atoms. The number of nitrogens with zero attached hydrogens (tertiary/aromatic N) is 3. The number of amides is 1. The Morgan fingerprint density at radius 2 is 1.63 bits per heavy atom. The molecule has 1 aliphatic carbocycles. The summed E-state index contributed by atoms with van der Waals surface area (Å²) in [6.07, 6.45) is 6.78. The molecule has 0 aromatic heterocycles. The SMILES string of the molecule is CN1CCN(C2(CN3C[C@](C)(c4ccccc4)CCC3=O)CCCC2)CC1. The summed E-state index contributed by atoms with van der Waals surface area (Å²) in [5.74, 6) is 0.365. The second-order valence-electron chi connectivity index (χ2n) is 9.40. The fourth-order valence-electron chi connectivity index (χ4n) is 5.59. The normalized spacial score (nSPS) is 30.0. The van der Waals surface area contributed by atoms with E-state index in [0.717, 1.165) is 45.7 Å². The molecule has 3 aliphatic rings. The Balaban J connectivity index is 1.53. The van der Waals surface area contributed by atoms with E-state index in [4.69, 9.17) is 0 Å². The van der Waals surface area contributed by atoms with Gasteiger partial charge < -0.3 is 9.80 Å².